The minimum atomic E-state index is 0.494. The van der Waals surface area contributed by atoms with E-state index in [-0.39, 0.29) is 0 Å². The number of benzene rings is 7. The molecule has 40 heavy (non-hydrogen) atoms. The highest BCUT2D eigenvalue weighted by Crippen LogP contribution is 2.37. The molecule has 0 aromatic heterocycles. The summed E-state index contributed by atoms with van der Waals surface area (Å²) in [7, 11) is 0. The molecule has 0 unspecified atom stereocenters. The Bertz CT molecular complexity index is 2020. The van der Waals surface area contributed by atoms with Crippen LogP contribution in [0.25, 0.3) is 49.0 Å². The van der Waals surface area contributed by atoms with Gasteiger partial charge in [0.2, 0.25) is 0 Å². The Hall–Kier alpha value is -5.27. The molecule has 188 valence electrons. The zero-order valence-electron chi connectivity index (χ0n) is 22.0. The molecule has 0 amide bonds. The van der Waals surface area contributed by atoms with Gasteiger partial charge in [-0.3, -0.25) is 0 Å². The van der Waals surface area contributed by atoms with E-state index in [2.05, 4.69) is 115 Å². The van der Waals surface area contributed by atoms with Crippen LogP contribution < -0.4 is 0 Å². The van der Waals surface area contributed by atoms with Crippen molar-refractivity contribution in [2.24, 2.45) is 0 Å². The molecule has 0 saturated heterocycles. The van der Waals surface area contributed by atoms with Gasteiger partial charge in [-0.1, -0.05) is 140 Å². The zero-order chi connectivity index (χ0) is 26.9. The second-order valence-electron chi connectivity index (χ2n) is 10.1. The van der Waals surface area contributed by atoms with Crippen molar-refractivity contribution < 1.29 is 0 Å². The van der Waals surface area contributed by atoms with Crippen molar-refractivity contribution in [2.45, 2.75) is 0 Å². The van der Waals surface area contributed by atoms with Gasteiger partial charge in [0, 0.05) is 0 Å². The second kappa shape index (κ2) is 10.1. The highest BCUT2D eigenvalue weighted by Gasteiger charge is 2.12. The van der Waals surface area contributed by atoms with E-state index in [1.54, 1.807) is 0 Å². The Balaban J connectivity index is 1.39. The van der Waals surface area contributed by atoms with Gasteiger partial charge in [-0.25, -0.2) is 0 Å². The Morgan fingerprint density at radius 1 is 0.375 bits per heavy atom. The normalized spacial score (nSPS) is 11.8. The van der Waals surface area contributed by atoms with Gasteiger partial charge < -0.3 is 5.41 Å². The van der Waals surface area contributed by atoms with Gasteiger partial charge in [-0.05, 0) is 83.9 Å². The SMILES string of the molecule is N=C(/C=C(/c1ccccc1)c1cccc(-c2ccc3c4ccccc4c4ccccc4c3c2)c1)c1ccccc1. The van der Waals surface area contributed by atoms with Crippen molar-refractivity contribution in [1.29, 1.82) is 5.41 Å². The summed E-state index contributed by atoms with van der Waals surface area (Å²) in [5, 5.41) is 16.5. The van der Waals surface area contributed by atoms with Crippen LogP contribution in [-0.4, -0.2) is 5.71 Å². The standard InChI is InChI=1S/C39H27N/c40-39(28-14-5-2-6-15-28)26-37(27-12-3-1-4-13-27)31-17-11-16-29(24-31)30-22-23-36-34-20-8-7-18-32(34)33-19-9-10-21-35(33)38(36)25-30/h1-26,40H/b37-26-,40-39?. The molecule has 0 aliphatic heterocycles. The number of hydrogen-bond acceptors (Lipinski definition) is 1. The number of fused-ring (bicyclic) bond motifs is 6. The van der Waals surface area contributed by atoms with Crippen LogP contribution in [0, 0.1) is 5.41 Å². The van der Waals surface area contributed by atoms with Gasteiger partial charge >= 0.3 is 0 Å². The summed E-state index contributed by atoms with van der Waals surface area (Å²) in [6.07, 6.45) is 1.99. The van der Waals surface area contributed by atoms with Crippen LogP contribution in [0.4, 0.5) is 0 Å². The minimum absolute atomic E-state index is 0.494. The largest absolute Gasteiger partial charge is 0.300 e. The van der Waals surface area contributed by atoms with Crippen molar-refractivity contribution in [3.63, 3.8) is 0 Å². The first-order valence-corrected chi connectivity index (χ1v) is 13.6. The van der Waals surface area contributed by atoms with Gasteiger partial charge in [0.25, 0.3) is 0 Å². The third-order valence-electron chi connectivity index (χ3n) is 7.71. The molecule has 1 nitrogen and oxygen atoms in total. The molecule has 7 aromatic carbocycles. The third kappa shape index (κ3) is 4.28. The van der Waals surface area contributed by atoms with Gasteiger partial charge in [0.15, 0.2) is 0 Å². The first kappa shape index (κ1) is 23.8. The molecule has 0 aliphatic rings. The maximum absolute atomic E-state index is 8.83. The number of hydrogen-bond donors (Lipinski definition) is 1. The van der Waals surface area contributed by atoms with Crippen LogP contribution >= 0.6 is 0 Å². The summed E-state index contributed by atoms with van der Waals surface area (Å²) in [6, 6.07) is 53.2. The molecule has 0 saturated carbocycles. The van der Waals surface area contributed by atoms with E-state index in [4.69, 9.17) is 5.41 Å². The minimum Gasteiger partial charge on any atom is -0.300 e. The van der Waals surface area contributed by atoms with E-state index in [0.29, 0.717) is 5.71 Å². The molecular formula is C39H27N. The third-order valence-corrected chi connectivity index (χ3v) is 7.71. The molecule has 7 aromatic rings. The van der Waals surface area contributed by atoms with Crippen molar-refractivity contribution in [2.75, 3.05) is 0 Å². The predicted molar refractivity (Wildman–Crippen MR) is 171 cm³/mol. The molecule has 0 atom stereocenters. The molecule has 0 spiro atoms. The second-order valence-corrected chi connectivity index (χ2v) is 10.1. The van der Waals surface area contributed by atoms with E-state index >= 15 is 0 Å². The van der Waals surface area contributed by atoms with Crippen molar-refractivity contribution in [1.82, 2.24) is 0 Å². The van der Waals surface area contributed by atoms with Crippen LogP contribution in [0.3, 0.4) is 0 Å². The molecule has 7 rings (SSSR count). The van der Waals surface area contributed by atoms with E-state index in [1.165, 1.54) is 37.9 Å². The first-order valence-electron chi connectivity index (χ1n) is 13.6. The molecule has 0 bridgehead atoms. The Morgan fingerprint density at radius 3 is 1.48 bits per heavy atom. The summed E-state index contributed by atoms with van der Waals surface area (Å²) in [4.78, 5) is 0. The van der Waals surface area contributed by atoms with Crippen LogP contribution in [0.15, 0.2) is 158 Å². The van der Waals surface area contributed by atoms with Gasteiger partial charge in [0.05, 0.1) is 5.71 Å². The molecule has 0 radical (unpaired) electrons. The fourth-order valence-corrected chi connectivity index (χ4v) is 5.75. The van der Waals surface area contributed by atoms with Crippen LogP contribution in [0.5, 0.6) is 0 Å². The first-order chi connectivity index (χ1) is 19.8. The van der Waals surface area contributed by atoms with Gasteiger partial charge in [-0.15, -0.1) is 0 Å². The fourth-order valence-electron chi connectivity index (χ4n) is 5.75. The summed E-state index contributed by atoms with van der Waals surface area (Å²) in [5.74, 6) is 0. The van der Waals surface area contributed by atoms with Crippen LogP contribution in [0.1, 0.15) is 16.7 Å². The number of rotatable bonds is 5. The van der Waals surface area contributed by atoms with Gasteiger partial charge in [0.1, 0.15) is 0 Å². The molecular weight excluding hydrogens is 482 g/mol. The van der Waals surface area contributed by atoms with Crippen molar-refractivity contribution in [3.8, 4) is 11.1 Å². The van der Waals surface area contributed by atoms with E-state index in [0.717, 1.165) is 27.8 Å². The average Bonchev–Trinajstić information content (AvgIpc) is 3.04. The Morgan fingerprint density at radius 2 is 0.850 bits per heavy atom. The maximum atomic E-state index is 8.83. The van der Waals surface area contributed by atoms with E-state index in [9.17, 15) is 0 Å². The smallest absolute Gasteiger partial charge is 0.0618 e. The topological polar surface area (TPSA) is 23.9 Å². The monoisotopic (exact) mass is 509 g/mol. The quantitative estimate of drug-likeness (QED) is 0.176. The number of nitrogens with one attached hydrogen (secondary N) is 1. The summed E-state index contributed by atoms with van der Waals surface area (Å²) < 4.78 is 0. The van der Waals surface area contributed by atoms with Gasteiger partial charge in [-0.2, -0.15) is 0 Å². The maximum Gasteiger partial charge on any atom is 0.0618 e. The highest BCUT2D eigenvalue weighted by molar-refractivity contribution is 6.25. The zero-order valence-corrected chi connectivity index (χ0v) is 22.0. The molecule has 1 N–H and O–H groups in total. The lowest BCUT2D eigenvalue weighted by molar-refractivity contribution is 1.48. The lowest BCUT2D eigenvalue weighted by atomic mass is 9.90. The number of allylic oxidation sites excluding steroid dienone is 1. The van der Waals surface area contributed by atoms with Crippen molar-refractivity contribution >= 4 is 43.6 Å². The Labute approximate surface area is 234 Å². The molecule has 1 heteroatoms. The summed E-state index contributed by atoms with van der Waals surface area (Å²) in [6.45, 7) is 0. The van der Waals surface area contributed by atoms with Crippen LogP contribution in [-0.2, 0) is 0 Å². The predicted octanol–water partition coefficient (Wildman–Crippen LogP) is 10.3. The molecule has 0 aliphatic carbocycles. The summed E-state index contributed by atoms with van der Waals surface area (Å²) in [5.41, 5.74) is 6.96. The van der Waals surface area contributed by atoms with Crippen molar-refractivity contribution in [3.05, 3.63) is 174 Å². The fraction of sp³-hybridized carbons (Fsp3) is 0. The average molecular weight is 510 g/mol. The summed E-state index contributed by atoms with van der Waals surface area (Å²) >= 11 is 0. The molecule has 0 heterocycles. The van der Waals surface area contributed by atoms with E-state index < -0.39 is 0 Å². The lowest BCUT2D eigenvalue weighted by Crippen LogP contribution is -1.98. The van der Waals surface area contributed by atoms with Crippen LogP contribution in [0.2, 0.25) is 0 Å². The molecule has 0 fully saturated rings. The lowest BCUT2D eigenvalue weighted by Gasteiger charge is -2.14. The highest BCUT2D eigenvalue weighted by atomic mass is 14.4. The Kier molecular flexibility index (Phi) is 6.03. The van der Waals surface area contributed by atoms with E-state index in [1.807, 2.05) is 42.5 Å².